The van der Waals surface area contributed by atoms with E-state index >= 15 is 0 Å². The number of aliphatic imine (C=N–C) groups is 1. The zero-order valence-corrected chi connectivity index (χ0v) is 7.40. The molecule has 1 heterocycles. The Balaban J connectivity index is 2.14. The Morgan fingerprint density at radius 2 is 1.82 bits per heavy atom. The minimum Gasteiger partial charge on any atom is -0.294 e. The van der Waals surface area contributed by atoms with E-state index < -0.39 is 0 Å². The minimum absolute atomic E-state index is 0.582. The highest BCUT2D eigenvalue weighted by molar-refractivity contribution is 5.89. The molecule has 0 amide bonds. The standard InChI is InChI=1S/C10H17N/c1-9-10(7-8-11-9)5-3-2-4-6-10/h2-8H2,1H3. The SMILES string of the molecule is CC1=NCCC12CCCCC2. The summed E-state index contributed by atoms with van der Waals surface area (Å²) in [6.07, 6.45) is 8.51. The van der Waals surface area contributed by atoms with Crippen molar-refractivity contribution in [3.05, 3.63) is 0 Å². The Morgan fingerprint density at radius 1 is 1.09 bits per heavy atom. The number of hydrogen-bond acceptors (Lipinski definition) is 1. The van der Waals surface area contributed by atoms with Crippen molar-refractivity contribution < 1.29 is 0 Å². The van der Waals surface area contributed by atoms with E-state index in [1.165, 1.54) is 44.2 Å². The largest absolute Gasteiger partial charge is 0.294 e. The molecule has 1 saturated carbocycles. The van der Waals surface area contributed by atoms with Gasteiger partial charge in [0.25, 0.3) is 0 Å². The number of nitrogens with zero attached hydrogens (tertiary/aromatic N) is 1. The Labute approximate surface area is 68.9 Å². The van der Waals surface area contributed by atoms with Crippen molar-refractivity contribution in [1.82, 2.24) is 0 Å². The van der Waals surface area contributed by atoms with E-state index in [9.17, 15) is 0 Å². The van der Waals surface area contributed by atoms with Crippen LogP contribution in [0.4, 0.5) is 0 Å². The Morgan fingerprint density at radius 3 is 2.36 bits per heavy atom. The number of hydrogen-bond donors (Lipinski definition) is 0. The van der Waals surface area contributed by atoms with Gasteiger partial charge >= 0.3 is 0 Å². The fourth-order valence-electron chi connectivity index (χ4n) is 2.63. The summed E-state index contributed by atoms with van der Waals surface area (Å²) in [5.74, 6) is 0. The van der Waals surface area contributed by atoms with Crippen molar-refractivity contribution in [2.75, 3.05) is 6.54 Å². The second kappa shape index (κ2) is 2.62. The molecule has 0 saturated heterocycles. The van der Waals surface area contributed by atoms with Crippen molar-refractivity contribution in [2.24, 2.45) is 10.4 Å². The lowest BCUT2D eigenvalue weighted by atomic mass is 9.70. The molecule has 1 heteroatoms. The van der Waals surface area contributed by atoms with Crippen LogP contribution in [0.5, 0.6) is 0 Å². The fourth-order valence-corrected chi connectivity index (χ4v) is 2.63. The van der Waals surface area contributed by atoms with Crippen molar-refractivity contribution in [2.45, 2.75) is 45.4 Å². The summed E-state index contributed by atoms with van der Waals surface area (Å²) in [4.78, 5) is 4.53. The molecular weight excluding hydrogens is 134 g/mol. The van der Waals surface area contributed by atoms with Gasteiger partial charge in [-0.1, -0.05) is 19.3 Å². The van der Waals surface area contributed by atoms with Gasteiger partial charge in [-0.05, 0) is 26.2 Å². The highest BCUT2D eigenvalue weighted by atomic mass is 14.8. The van der Waals surface area contributed by atoms with Crippen LogP contribution < -0.4 is 0 Å². The van der Waals surface area contributed by atoms with Gasteiger partial charge in [-0.25, -0.2) is 0 Å². The molecule has 1 fully saturated rings. The third-order valence-electron chi connectivity index (χ3n) is 3.52. The third kappa shape index (κ3) is 1.11. The molecule has 0 aromatic carbocycles. The third-order valence-corrected chi connectivity index (χ3v) is 3.52. The summed E-state index contributed by atoms with van der Waals surface area (Å²) in [5, 5.41) is 0. The van der Waals surface area contributed by atoms with Crippen LogP contribution >= 0.6 is 0 Å². The summed E-state index contributed by atoms with van der Waals surface area (Å²) in [5.41, 5.74) is 2.04. The monoisotopic (exact) mass is 151 g/mol. The van der Waals surface area contributed by atoms with Crippen LogP contribution in [0.25, 0.3) is 0 Å². The van der Waals surface area contributed by atoms with E-state index in [0.29, 0.717) is 5.41 Å². The average Bonchev–Trinajstić information content (AvgIpc) is 2.36. The van der Waals surface area contributed by atoms with Crippen LogP contribution in [0.2, 0.25) is 0 Å². The summed E-state index contributed by atoms with van der Waals surface area (Å²) in [6.45, 7) is 3.34. The lowest BCUT2D eigenvalue weighted by molar-refractivity contribution is 0.283. The van der Waals surface area contributed by atoms with Crippen molar-refractivity contribution >= 4 is 5.71 Å². The number of rotatable bonds is 0. The van der Waals surface area contributed by atoms with E-state index in [-0.39, 0.29) is 0 Å². The van der Waals surface area contributed by atoms with Crippen LogP contribution in [0.15, 0.2) is 4.99 Å². The minimum atomic E-state index is 0.582. The molecular formula is C10H17N. The summed E-state index contributed by atoms with van der Waals surface area (Å²) in [6, 6.07) is 0. The van der Waals surface area contributed by atoms with Crippen LogP contribution in [0, 0.1) is 5.41 Å². The molecule has 11 heavy (non-hydrogen) atoms. The maximum Gasteiger partial charge on any atom is 0.0397 e. The molecule has 2 aliphatic rings. The maximum absolute atomic E-state index is 4.53. The van der Waals surface area contributed by atoms with Crippen molar-refractivity contribution in [1.29, 1.82) is 0 Å². The van der Waals surface area contributed by atoms with Gasteiger partial charge in [0, 0.05) is 17.7 Å². The van der Waals surface area contributed by atoms with Crippen LogP contribution in [0.1, 0.15) is 45.4 Å². The molecule has 0 radical (unpaired) electrons. The molecule has 1 aliphatic carbocycles. The molecule has 0 unspecified atom stereocenters. The first-order valence-corrected chi connectivity index (χ1v) is 4.85. The van der Waals surface area contributed by atoms with Crippen LogP contribution in [-0.2, 0) is 0 Å². The quantitative estimate of drug-likeness (QED) is 0.505. The molecule has 1 aliphatic heterocycles. The van der Waals surface area contributed by atoms with Gasteiger partial charge in [-0.15, -0.1) is 0 Å². The molecule has 2 rings (SSSR count). The normalized spacial score (nSPS) is 29.0. The summed E-state index contributed by atoms with van der Waals surface area (Å²) >= 11 is 0. The second-order valence-corrected chi connectivity index (χ2v) is 4.06. The highest BCUT2D eigenvalue weighted by Gasteiger charge is 2.36. The maximum atomic E-state index is 4.53. The molecule has 0 atom stereocenters. The van der Waals surface area contributed by atoms with Crippen molar-refractivity contribution in [3.63, 3.8) is 0 Å². The predicted molar refractivity (Wildman–Crippen MR) is 48.1 cm³/mol. The molecule has 1 spiro atoms. The molecule has 0 N–H and O–H groups in total. The Hall–Kier alpha value is -0.330. The van der Waals surface area contributed by atoms with E-state index in [1.807, 2.05) is 0 Å². The topological polar surface area (TPSA) is 12.4 Å². The van der Waals surface area contributed by atoms with E-state index in [4.69, 9.17) is 0 Å². The van der Waals surface area contributed by atoms with Crippen LogP contribution in [0.3, 0.4) is 0 Å². The molecule has 1 nitrogen and oxygen atoms in total. The van der Waals surface area contributed by atoms with Gasteiger partial charge < -0.3 is 0 Å². The van der Waals surface area contributed by atoms with Gasteiger partial charge in [0.1, 0.15) is 0 Å². The molecule has 0 bridgehead atoms. The van der Waals surface area contributed by atoms with Gasteiger partial charge in [-0.3, -0.25) is 4.99 Å². The van der Waals surface area contributed by atoms with E-state index in [0.717, 1.165) is 6.54 Å². The Kier molecular flexibility index (Phi) is 1.74. The van der Waals surface area contributed by atoms with Crippen LogP contribution in [-0.4, -0.2) is 12.3 Å². The fraction of sp³-hybridized carbons (Fsp3) is 0.900. The first-order chi connectivity index (χ1) is 5.33. The Bertz CT molecular complexity index is 175. The first-order valence-electron chi connectivity index (χ1n) is 4.85. The average molecular weight is 151 g/mol. The van der Waals surface area contributed by atoms with E-state index in [2.05, 4.69) is 11.9 Å². The van der Waals surface area contributed by atoms with Gasteiger partial charge in [0.05, 0.1) is 0 Å². The molecule has 62 valence electrons. The predicted octanol–water partition coefficient (Wildman–Crippen LogP) is 2.80. The lowest BCUT2D eigenvalue weighted by Crippen LogP contribution is -2.28. The summed E-state index contributed by atoms with van der Waals surface area (Å²) in [7, 11) is 0. The smallest absolute Gasteiger partial charge is 0.0397 e. The van der Waals surface area contributed by atoms with Gasteiger partial charge in [0.2, 0.25) is 0 Å². The zero-order chi connectivity index (χ0) is 7.73. The summed E-state index contributed by atoms with van der Waals surface area (Å²) < 4.78 is 0. The van der Waals surface area contributed by atoms with E-state index in [1.54, 1.807) is 0 Å². The van der Waals surface area contributed by atoms with Gasteiger partial charge in [-0.2, -0.15) is 0 Å². The molecule has 0 aromatic heterocycles. The van der Waals surface area contributed by atoms with Gasteiger partial charge in [0.15, 0.2) is 0 Å². The lowest BCUT2D eigenvalue weighted by Gasteiger charge is -2.33. The zero-order valence-electron chi connectivity index (χ0n) is 7.40. The highest BCUT2D eigenvalue weighted by Crippen LogP contribution is 2.43. The molecule has 0 aromatic rings. The second-order valence-electron chi connectivity index (χ2n) is 4.06. The van der Waals surface area contributed by atoms with Crippen molar-refractivity contribution in [3.8, 4) is 0 Å². The first kappa shape index (κ1) is 7.33.